The summed E-state index contributed by atoms with van der Waals surface area (Å²) in [7, 11) is 6.70. The first-order valence-corrected chi connectivity index (χ1v) is 35.7. The number of piperidine rings is 3. The maximum Gasteiger partial charge on any atom is 0.522 e. The molecule has 3 fully saturated rings. The fourth-order valence-corrected chi connectivity index (χ4v) is 16.3. The highest BCUT2D eigenvalue weighted by Gasteiger charge is 2.52. The maximum atomic E-state index is 13.6. The molecule has 0 unspecified atom stereocenters. The third kappa shape index (κ3) is 16.5. The first kappa shape index (κ1) is 80.5. The summed E-state index contributed by atoms with van der Waals surface area (Å²) < 4.78 is 186. The van der Waals surface area contributed by atoms with Crippen LogP contribution in [0.3, 0.4) is 0 Å². The van der Waals surface area contributed by atoms with Gasteiger partial charge in [-0.05, 0) is 194 Å². The Morgan fingerprint density at radius 1 is 0.486 bits per heavy atom. The van der Waals surface area contributed by atoms with Crippen LogP contribution < -0.4 is 18.9 Å². The van der Waals surface area contributed by atoms with Crippen molar-refractivity contribution in [2.45, 2.75) is 140 Å². The van der Waals surface area contributed by atoms with E-state index in [1.54, 1.807) is 51.2 Å². The maximum absolute atomic E-state index is 13.6. The third-order valence-electron chi connectivity index (χ3n) is 21.8. The lowest BCUT2D eigenvalue weighted by molar-refractivity contribution is -0.325. The van der Waals surface area contributed by atoms with Crippen LogP contribution in [0, 0.1) is 13.8 Å². The molecule has 4 aromatic heterocycles. The van der Waals surface area contributed by atoms with Gasteiger partial charge in [0.1, 0.15) is 18.0 Å². The number of methoxy groups -OCH3 is 2. The molecule has 109 heavy (non-hydrogen) atoms. The van der Waals surface area contributed by atoms with Gasteiger partial charge in [0.15, 0.2) is 23.0 Å². The Morgan fingerprint density at radius 2 is 0.927 bits per heavy atom. The van der Waals surface area contributed by atoms with Crippen LogP contribution in [0.1, 0.15) is 141 Å². The van der Waals surface area contributed by atoms with Gasteiger partial charge in [0, 0.05) is 131 Å². The second kappa shape index (κ2) is 31.4. The Bertz CT molecular complexity index is 4500. The average molecular weight is 1540 g/mol. The number of nitrogens with zero attached hydrogens (tertiary/aromatic N) is 10. The van der Waals surface area contributed by atoms with Crippen molar-refractivity contribution in [3.63, 3.8) is 0 Å². The highest BCUT2D eigenvalue weighted by Crippen LogP contribution is 2.48. The van der Waals surface area contributed by atoms with E-state index in [1.165, 1.54) is 65.2 Å². The van der Waals surface area contributed by atoms with Crippen LogP contribution in [0.25, 0.3) is 11.1 Å². The Hall–Kier alpha value is -9.56. The van der Waals surface area contributed by atoms with Crippen molar-refractivity contribution in [2.75, 3.05) is 100 Å². The van der Waals surface area contributed by atoms with E-state index in [2.05, 4.69) is 19.5 Å². The van der Waals surface area contributed by atoms with Gasteiger partial charge in [0.25, 0.3) is 23.5 Å². The second-order valence-corrected chi connectivity index (χ2v) is 28.3. The van der Waals surface area contributed by atoms with Crippen LogP contribution in [0.2, 0.25) is 0 Å². The topological polar surface area (TPSA) is 179 Å². The molecule has 10 heterocycles. The fraction of sp³-hybridized carbons (Fsp3) is 0.481. The molecular formula is C77H86F12N10O10. The van der Waals surface area contributed by atoms with Gasteiger partial charge >= 0.3 is 24.9 Å². The Morgan fingerprint density at radius 3 is 1.39 bits per heavy atom. The molecule has 3 spiro atoms. The fourth-order valence-electron chi connectivity index (χ4n) is 16.3. The van der Waals surface area contributed by atoms with Crippen molar-refractivity contribution in [3.8, 4) is 34.1 Å². The number of likely N-dealkylation sites (N-methyl/N-ethyl adjacent to an activating group) is 2. The number of ketones is 1. The number of halogens is 12. The van der Waals surface area contributed by atoms with E-state index in [9.17, 15) is 76.7 Å². The quantitative estimate of drug-likeness (QED) is 0.0605. The molecule has 0 radical (unpaired) electrons. The van der Waals surface area contributed by atoms with E-state index >= 15 is 0 Å². The van der Waals surface area contributed by atoms with Crippen molar-refractivity contribution < 1.29 is 100 Å². The Labute approximate surface area is 621 Å². The average Bonchev–Trinajstić information content (AvgIpc) is 1.67. The van der Waals surface area contributed by atoms with Crippen LogP contribution >= 0.6 is 0 Å². The van der Waals surface area contributed by atoms with Crippen molar-refractivity contribution >= 4 is 29.4 Å². The lowest BCUT2D eigenvalue weighted by atomic mass is 9.80. The van der Waals surface area contributed by atoms with Gasteiger partial charge in [0.05, 0.1) is 49.2 Å². The van der Waals surface area contributed by atoms with Gasteiger partial charge in [-0.2, -0.15) is 39.5 Å². The van der Waals surface area contributed by atoms with Gasteiger partial charge in [-0.15, -0.1) is 13.2 Å². The zero-order valence-corrected chi connectivity index (χ0v) is 61.7. The van der Waals surface area contributed by atoms with Crippen molar-refractivity contribution in [3.05, 3.63) is 171 Å². The van der Waals surface area contributed by atoms with Crippen molar-refractivity contribution in [1.29, 1.82) is 0 Å². The summed E-state index contributed by atoms with van der Waals surface area (Å²) >= 11 is 0. The summed E-state index contributed by atoms with van der Waals surface area (Å²) in [5.74, 6) is -1.22. The molecule has 32 heteroatoms. The number of hydrogen-bond donors (Lipinski definition) is 0. The van der Waals surface area contributed by atoms with Crippen molar-refractivity contribution in [2.24, 2.45) is 0 Å². The number of benzene rings is 3. The van der Waals surface area contributed by atoms with Crippen LogP contribution in [-0.4, -0.2) is 197 Å². The summed E-state index contributed by atoms with van der Waals surface area (Å²) in [6.07, 6.45) is -14.1. The first-order valence-electron chi connectivity index (χ1n) is 35.7. The normalized spacial score (nSPS) is 17.7. The smallest absolute Gasteiger partial charge is 0.493 e. The predicted octanol–water partition coefficient (Wildman–Crippen LogP) is 13.8. The lowest BCUT2D eigenvalue weighted by Gasteiger charge is -2.51. The van der Waals surface area contributed by atoms with Gasteiger partial charge in [-0.25, -0.2) is 0 Å². The van der Waals surface area contributed by atoms with Crippen LogP contribution in [-0.2, 0) is 58.1 Å². The number of carbonyl (C=O) groups excluding carboxylic acids is 5. The van der Waals surface area contributed by atoms with Crippen LogP contribution in [0.15, 0.2) is 109 Å². The van der Waals surface area contributed by atoms with Gasteiger partial charge in [-0.1, -0.05) is 6.07 Å². The molecule has 3 aromatic carbocycles. The molecule has 0 N–H and O–H groups in total. The summed E-state index contributed by atoms with van der Waals surface area (Å²) in [4.78, 5) is 79.6. The number of pyridine rings is 1. The number of ether oxygens (including phenoxy) is 5. The minimum absolute atomic E-state index is 0.0553. The number of carbonyl (C=O) groups is 5. The van der Waals surface area contributed by atoms with E-state index in [1.807, 2.05) is 77.0 Å². The third-order valence-corrected chi connectivity index (χ3v) is 21.8. The summed E-state index contributed by atoms with van der Waals surface area (Å²) in [6, 6.07) is 27.2. The first-order chi connectivity index (χ1) is 51.3. The second-order valence-electron chi connectivity index (χ2n) is 28.3. The number of amides is 4. The van der Waals surface area contributed by atoms with E-state index in [0.29, 0.717) is 143 Å². The van der Waals surface area contributed by atoms with Crippen LogP contribution in [0.5, 0.6) is 23.0 Å². The number of alkyl halides is 12. The van der Waals surface area contributed by atoms with E-state index < -0.39 is 65.3 Å². The monoisotopic (exact) mass is 1540 g/mol. The molecule has 0 atom stereocenters. The van der Waals surface area contributed by atoms with Crippen LogP contribution in [0.4, 0.5) is 52.7 Å². The van der Waals surface area contributed by atoms with E-state index in [-0.39, 0.29) is 73.2 Å². The number of aromatic nitrogens is 4. The highest BCUT2D eigenvalue weighted by atomic mass is 19.4. The number of aryl methyl sites for hydroxylation is 2. The lowest BCUT2D eigenvalue weighted by Crippen LogP contribution is -2.59. The minimum atomic E-state index is -4.91. The number of hydrogen-bond acceptors (Lipinski definition) is 13. The molecule has 588 valence electrons. The van der Waals surface area contributed by atoms with E-state index in [4.69, 9.17) is 18.9 Å². The molecule has 0 bridgehead atoms. The zero-order valence-electron chi connectivity index (χ0n) is 61.7. The summed E-state index contributed by atoms with van der Waals surface area (Å²) in [5, 5.41) is 0. The van der Waals surface area contributed by atoms with Gasteiger partial charge in [-0.3, -0.25) is 43.5 Å². The number of rotatable bonds is 13. The predicted molar refractivity (Wildman–Crippen MR) is 375 cm³/mol. The molecule has 0 saturated carbocycles. The molecule has 0 aliphatic carbocycles. The Balaban J connectivity index is 0.000000162. The molecule has 4 amide bonds. The number of Topliss-reactive ketones (excluding diaryl/α,β-unsaturated/α-hetero) is 1. The standard InChI is InChI=1S/C28H29F3N4O2.C25H30F3N3O4.C24H27F6N3O4/c1-18-16-21(4-5-22(18)20-8-11-32-19(2)17-20)26(37)34-12-9-27(10-13-34)24-7-6-23(25(36)28(29,30)31)35(24)15-14-33(27)3;1-16(2)35-19-6-5-18(15-20(19)34-4)23(33)29-11-9-24(10-12-29)21-7-8-22(25(26,27)28)30(21)13-14-31(24)17(3)32;1-31-11-12-33-19(5-6-20(33)23(25,26)27)22(31)7-9-32(10-8-22)21(34)16-3-4-17(18(15-16)35-2)36-13-14-37-24(28,29)30/h4-8,11,16-17H,9-10,12-15H2,1-3H3;5-8,15-16H,9-14H2,1-4H3;3-6,15H,7-14H2,1-2H3. The zero-order chi connectivity index (χ0) is 79.1. The van der Waals surface area contributed by atoms with Gasteiger partial charge in [0.2, 0.25) is 5.91 Å². The molecule has 6 aliphatic heterocycles. The molecule has 7 aromatic rings. The SMILES string of the molecule is COc1cc(C(=O)N2CCC3(CC2)c2ccc(C(F)(F)F)n2CCN3C(C)=O)ccc1OC(C)C.COc1cc(C(=O)N2CCC3(CC2)c2ccc(C(F)(F)F)n2CCN3C)ccc1OCCOC(F)(F)F.Cc1cc(-c2ccc(C(=O)N3CCC4(CC3)c3ccc(C(=O)C(F)(F)F)n3CCN4C)cc2C)ccn1. The van der Waals surface area contributed by atoms with Crippen molar-refractivity contribution in [1.82, 2.24) is 48.1 Å². The molecular weight excluding hydrogens is 1450 g/mol. The highest BCUT2D eigenvalue weighted by molar-refractivity contribution is 5.99. The summed E-state index contributed by atoms with van der Waals surface area (Å²) in [5.41, 5.74) is 3.50. The van der Waals surface area contributed by atoms with Gasteiger partial charge < -0.3 is 52.2 Å². The molecule has 6 aliphatic rings. The Kier molecular flexibility index (Phi) is 23.2. The number of fused-ring (bicyclic) bond motifs is 6. The molecule has 13 rings (SSSR count). The largest absolute Gasteiger partial charge is 0.522 e. The molecule has 20 nitrogen and oxygen atoms in total. The molecule has 3 saturated heterocycles. The number of likely N-dealkylation sites (tertiary alicyclic amines) is 3. The van der Waals surface area contributed by atoms with E-state index in [0.717, 1.165) is 34.5 Å². The summed E-state index contributed by atoms with van der Waals surface area (Å²) in [6.45, 7) is 12.2. The minimum Gasteiger partial charge on any atom is -0.493 e.